The molecule has 23 heavy (non-hydrogen) atoms. The van der Waals surface area contributed by atoms with E-state index in [0.29, 0.717) is 10.8 Å². The fourth-order valence-electron chi connectivity index (χ4n) is 2.84. The molecule has 1 fully saturated rings. The van der Waals surface area contributed by atoms with Crippen molar-refractivity contribution in [3.63, 3.8) is 0 Å². The van der Waals surface area contributed by atoms with E-state index in [4.69, 9.17) is 10.5 Å². The van der Waals surface area contributed by atoms with Crippen LogP contribution in [0.4, 0.5) is 10.6 Å². The number of primary amides is 1. The van der Waals surface area contributed by atoms with Crippen molar-refractivity contribution in [1.29, 1.82) is 0 Å². The number of pyridine rings is 1. The third kappa shape index (κ3) is 3.03. The molecule has 1 aliphatic rings. The van der Waals surface area contributed by atoms with Crippen LogP contribution in [0, 0.1) is 0 Å². The van der Waals surface area contributed by atoms with Gasteiger partial charge in [-0.05, 0) is 18.9 Å². The van der Waals surface area contributed by atoms with Gasteiger partial charge in [0.1, 0.15) is 11.2 Å². The van der Waals surface area contributed by atoms with Gasteiger partial charge in [0.25, 0.3) is 5.56 Å². The Kier molecular flexibility index (Phi) is 4.00. The molecule has 1 aliphatic heterocycles. The van der Waals surface area contributed by atoms with Crippen LogP contribution in [0.25, 0.3) is 10.8 Å². The molecule has 122 valence electrons. The van der Waals surface area contributed by atoms with Gasteiger partial charge in [-0.2, -0.15) is 10.1 Å². The highest BCUT2D eigenvalue weighted by Crippen LogP contribution is 2.26. The molecule has 9 heteroatoms. The number of fused-ring (bicyclic) bond motifs is 1. The summed E-state index contributed by atoms with van der Waals surface area (Å²) >= 11 is 0. The van der Waals surface area contributed by atoms with Crippen LogP contribution >= 0.6 is 0 Å². The largest absolute Gasteiger partial charge is 0.480 e. The number of amides is 2. The van der Waals surface area contributed by atoms with Crippen LogP contribution in [0.5, 0.6) is 5.88 Å². The van der Waals surface area contributed by atoms with E-state index in [1.54, 1.807) is 6.20 Å². The van der Waals surface area contributed by atoms with Gasteiger partial charge in [-0.1, -0.05) is 0 Å². The van der Waals surface area contributed by atoms with Crippen LogP contribution in [-0.2, 0) is 0 Å². The number of rotatable bonds is 3. The molecule has 2 aromatic heterocycles. The topological polar surface area (TPSA) is 126 Å². The number of aromatic amines is 1. The van der Waals surface area contributed by atoms with Crippen molar-refractivity contribution in [1.82, 2.24) is 20.5 Å². The maximum atomic E-state index is 11.9. The number of hydrogen-bond acceptors (Lipinski definition) is 6. The zero-order chi connectivity index (χ0) is 16.4. The number of ether oxygens (including phenoxy) is 1. The second kappa shape index (κ2) is 6.11. The molecule has 1 saturated heterocycles. The predicted octanol–water partition coefficient (Wildman–Crippen LogP) is -0.0362. The van der Waals surface area contributed by atoms with Crippen LogP contribution in [-0.4, -0.2) is 47.5 Å². The molecular weight excluding hydrogens is 300 g/mol. The first kappa shape index (κ1) is 15.1. The summed E-state index contributed by atoms with van der Waals surface area (Å²) < 4.78 is 5.25. The minimum atomic E-state index is -0.501. The summed E-state index contributed by atoms with van der Waals surface area (Å²) in [4.78, 5) is 29.3. The van der Waals surface area contributed by atoms with Gasteiger partial charge in [0.05, 0.1) is 13.3 Å². The van der Waals surface area contributed by atoms with E-state index in [0.717, 1.165) is 31.7 Å². The van der Waals surface area contributed by atoms with Gasteiger partial charge in [-0.25, -0.2) is 9.89 Å². The van der Waals surface area contributed by atoms with E-state index in [9.17, 15) is 9.59 Å². The molecule has 0 unspecified atom stereocenters. The molecule has 4 N–H and O–H groups in total. The number of urea groups is 1. The highest BCUT2D eigenvalue weighted by atomic mass is 16.5. The molecule has 0 spiro atoms. The van der Waals surface area contributed by atoms with Crippen molar-refractivity contribution < 1.29 is 9.53 Å². The minimum Gasteiger partial charge on any atom is -0.480 e. The number of nitrogens with zero attached hydrogens (tertiary/aromatic N) is 3. The second-order valence-electron chi connectivity index (χ2n) is 5.42. The Morgan fingerprint density at radius 1 is 1.48 bits per heavy atom. The number of aromatic nitrogens is 3. The lowest BCUT2D eigenvalue weighted by Gasteiger charge is -2.33. The van der Waals surface area contributed by atoms with Gasteiger partial charge in [0, 0.05) is 24.5 Å². The number of carbonyl (C=O) groups is 1. The molecule has 0 radical (unpaired) electrons. The summed E-state index contributed by atoms with van der Waals surface area (Å²) in [5.74, 6) is 0.998. The number of methoxy groups -OCH3 is 1. The summed E-state index contributed by atoms with van der Waals surface area (Å²) in [5.41, 5.74) is 4.82. The molecular formula is C14H18N6O3. The Morgan fingerprint density at radius 2 is 2.22 bits per heavy atom. The monoisotopic (exact) mass is 318 g/mol. The number of nitrogens with one attached hydrogen (secondary N) is 2. The number of piperidine rings is 1. The highest BCUT2D eigenvalue weighted by Gasteiger charge is 2.22. The summed E-state index contributed by atoms with van der Waals surface area (Å²) in [6, 6.07) is 1.40. The third-order valence-corrected chi connectivity index (χ3v) is 3.96. The highest BCUT2D eigenvalue weighted by molar-refractivity contribution is 5.87. The van der Waals surface area contributed by atoms with E-state index >= 15 is 0 Å². The molecule has 3 rings (SSSR count). The lowest BCUT2D eigenvalue weighted by molar-refractivity contribution is 0.242. The number of hydrogen-bond donors (Lipinski definition) is 3. The Morgan fingerprint density at radius 3 is 2.87 bits per heavy atom. The summed E-state index contributed by atoms with van der Waals surface area (Å²) in [6.07, 6.45) is 3.13. The van der Waals surface area contributed by atoms with E-state index < -0.39 is 6.03 Å². The summed E-state index contributed by atoms with van der Waals surface area (Å²) in [5, 5.41) is 9.98. The maximum absolute atomic E-state index is 11.9. The van der Waals surface area contributed by atoms with Gasteiger partial charge < -0.3 is 20.7 Å². The van der Waals surface area contributed by atoms with Gasteiger partial charge in [0.15, 0.2) is 0 Å². The van der Waals surface area contributed by atoms with Crippen LogP contribution in [0.1, 0.15) is 12.8 Å². The smallest absolute Gasteiger partial charge is 0.312 e. The first-order valence-corrected chi connectivity index (χ1v) is 7.32. The third-order valence-electron chi connectivity index (χ3n) is 3.96. The molecule has 2 aromatic rings. The van der Waals surface area contributed by atoms with Crippen molar-refractivity contribution in [2.45, 2.75) is 18.9 Å². The van der Waals surface area contributed by atoms with Crippen molar-refractivity contribution in [3.8, 4) is 5.88 Å². The molecule has 0 saturated carbocycles. The zero-order valence-corrected chi connectivity index (χ0v) is 12.7. The molecule has 3 heterocycles. The first-order chi connectivity index (χ1) is 11.1. The summed E-state index contributed by atoms with van der Waals surface area (Å²) in [6.45, 7) is 1.45. The van der Waals surface area contributed by atoms with E-state index in [-0.39, 0.29) is 17.5 Å². The molecule has 0 bridgehead atoms. The Bertz CT molecular complexity index is 782. The van der Waals surface area contributed by atoms with Crippen molar-refractivity contribution in [2.24, 2.45) is 5.73 Å². The van der Waals surface area contributed by atoms with Crippen molar-refractivity contribution in [2.75, 3.05) is 25.1 Å². The lowest BCUT2D eigenvalue weighted by Crippen LogP contribution is -2.46. The standard InChI is InChI=1S/C14H18N6O3/c1-23-13-11-8(7-16-19-12(11)21)6-10(18-13)20-4-2-9(3-5-20)17-14(15)22/h6-7,9H,2-5H2,1H3,(H,19,21)(H3,15,17,22). The van der Waals surface area contributed by atoms with Crippen LogP contribution in [0.15, 0.2) is 17.1 Å². The summed E-state index contributed by atoms with van der Waals surface area (Å²) in [7, 11) is 1.48. The quantitative estimate of drug-likeness (QED) is 0.729. The van der Waals surface area contributed by atoms with E-state index in [1.807, 2.05) is 6.07 Å². The fourth-order valence-corrected chi connectivity index (χ4v) is 2.84. The first-order valence-electron chi connectivity index (χ1n) is 7.32. The maximum Gasteiger partial charge on any atom is 0.312 e. The normalized spacial score (nSPS) is 15.6. The van der Waals surface area contributed by atoms with E-state index in [1.165, 1.54) is 7.11 Å². The number of carbonyl (C=O) groups excluding carboxylic acids is 1. The van der Waals surface area contributed by atoms with Crippen LogP contribution < -0.4 is 26.2 Å². The van der Waals surface area contributed by atoms with Gasteiger partial charge >= 0.3 is 6.03 Å². The van der Waals surface area contributed by atoms with Gasteiger partial charge in [-0.3, -0.25) is 4.79 Å². The number of H-pyrrole nitrogens is 1. The van der Waals surface area contributed by atoms with Crippen molar-refractivity contribution in [3.05, 3.63) is 22.6 Å². The van der Waals surface area contributed by atoms with Gasteiger partial charge in [0.2, 0.25) is 5.88 Å². The SMILES string of the molecule is COc1nc(N2CCC(NC(N)=O)CC2)cc2cn[nH]c(=O)c12. The molecule has 0 atom stereocenters. The number of anilines is 1. The molecule has 0 aliphatic carbocycles. The Labute approximate surface area is 131 Å². The Balaban J connectivity index is 1.87. The van der Waals surface area contributed by atoms with Gasteiger partial charge in [-0.15, -0.1) is 0 Å². The molecule has 2 amide bonds. The molecule has 9 nitrogen and oxygen atoms in total. The second-order valence-corrected chi connectivity index (χ2v) is 5.42. The van der Waals surface area contributed by atoms with Crippen LogP contribution in [0.2, 0.25) is 0 Å². The van der Waals surface area contributed by atoms with Crippen molar-refractivity contribution >= 4 is 22.6 Å². The predicted molar refractivity (Wildman–Crippen MR) is 84.7 cm³/mol. The Hall–Kier alpha value is -2.84. The average Bonchev–Trinajstić information content (AvgIpc) is 2.54. The fraction of sp³-hybridized carbons (Fsp3) is 0.429. The lowest BCUT2D eigenvalue weighted by atomic mass is 10.1. The minimum absolute atomic E-state index is 0.0793. The number of nitrogens with two attached hydrogens (primary N) is 1. The zero-order valence-electron chi connectivity index (χ0n) is 12.7. The molecule has 0 aromatic carbocycles. The van der Waals surface area contributed by atoms with Crippen LogP contribution in [0.3, 0.4) is 0 Å². The average molecular weight is 318 g/mol. The van der Waals surface area contributed by atoms with E-state index in [2.05, 4.69) is 25.4 Å².